The molecular formula is C16H37N5O2. The van der Waals surface area contributed by atoms with Crippen LogP contribution in [0.15, 0.2) is 0 Å². The van der Waals surface area contributed by atoms with Crippen molar-refractivity contribution >= 4 is 0 Å². The second-order valence-electron chi connectivity index (χ2n) is 6.10. The van der Waals surface area contributed by atoms with Crippen molar-refractivity contribution in [3.63, 3.8) is 0 Å². The van der Waals surface area contributed by atoms with Crippen LogP contribution < -0.4 is 26.6 Å². The van der Waals surface area contributed by atoms with Crippen molar-refractivity contribution in [3.05, 3.63) is 0 Å². The Hall–Kier alpha value is -0.280. The third kappa shape index (κ3) is 11.0. The SMILES string of the molecule is OCCC[C@H]1NCCNCCNCCNCCN[C@@H]1CCCO. The molecule has 1 aliphatic rings. The maximum Gasteiger partial charge on any atom is 0.0431 e. The van der Waals surface area contributed by atoms with Crippen LogP contribution in [0.5, 0.6) is 0 Å². The van der Waals surface area contributed by atoms with Crippen LogP contribution in [-0.2, 0) is 0 Å². The second-order valence-corrected chi connectivity index (χ2v) is 6.10. The van der Waals surface area contributed by atoms with Crippen LogP contribution >= 0.6 is 0 Å². The highest BCUT2D eigenvalue weighted by Gasteiger charge is 2.19. The molecule has 0 aliphatic carbocycles. The van der Waals surface area contributed by atoms with E-state index < -0.39 is 0 Å². The zero-order valence-corrected chi connectivity index (χ0v) is 14.4. The lowest BCUT2D eigenvalue weighted by molar-refractivity contribution is 0.241. The van der Waals surface area contributed by atoms with Crippen molar-refractivity contribution in [2.24, 2.45) is 0 Å². The quantitative estimate of drug-likeness (QED) is 0.309. The van der Waals surface area contributed by atoms with Gasteiger partial charge in [0.1, 0.15) is 0 Å². The van der Waals surface area contributed by atoms with Gasteiger partial charge in [0.25, 0.3) is 0 Å². The zero-order chi connectivity index (χ0) is 16.6. The Labute approximate surface area is 141 Å². The Morgan fingerprint density at radius 2 is 0.913 bits per heavy atom. The van der Waals surface area contributed by atoms with Crippen LogP contribution in [0.3, 0.4) is 0 Å². The standard InChI is InChI=1S/C16H37N5O2/c22-13-1-3-15-16(4-2-14-23)21-12-10-19-8-6-17-5-7-18-9-11-20-15/h15-23H,1-14H2/t15-,16-/m1/s1. The van der Waals surface area contributed by atoms with E-state index >= 15 is 0 Å². The number of aliphatic hydroxyl groups excluding tert-OH is 2. The summed E-state index contributed by atoms with van der Waals surface area (Å²) in [4.78, 5) is 0. The monoisotopic (exact) mass is 331 g/mol. The van der Waals surface area contributed by atoms with Crippen molar-refractivity contribution in [2.75, 3.05) is 65.6 Å². The van der Waals surface area contributed by atoms with Gasteiger partial charge >= 0.3 is 0 Å². The van der Waals surface area contributed by atoms with E-state index in [-0.39, 0.29) is 13.2 Å². The molecule has 0 bridgehead atoms. The van der Waals surface area contributed by atoms with Gasteiger partial charge in [0.05, 0.1) is 0 Å². The summed E-state index contributed by atoms with van der Waals surface area (Å²) < 4.78 is 0. The summed E-state index contributed by atoms with van der Waals surface area (Å²) in [6, 6.07) is 0.664. The van der Waals surface area contributed by atoms with Crippen LogP contribution in [0, 0.1) is 0 Å². The molecule has 1 rings (SSSR count). The molecular weight excluding hydrogens is 294 g/mol. The first-order valence-electron chi connectivity index (χ1n) is 9.19. The van der Waals surface area contributed by atoms with Crippen LogP contribution in [-0.4, -0.2) is 87.9 Å². The lowest BCUT2D eigenvalue weighted by Gasteiger charge is -2.29. The van der Waals surface area contributed by atoms with Gasteiger partial charge in [0.15, 0.2) is 0 Å². The normalized spacial score (nSPS) is 26.3. The van der Waals surface area contributed by atoms with Gasteiger partial charge in [0.2, 0.25) is 0 Å². The van der Waals surface area contributed by atoms with Crippen molar-refractivity contribution < 1.29 is 10.2 Å². The van der Waals surface area contributed by atoms with Gasteiger partial charge < -0.3 is 36.8 Å². The smallest absolute Gasteiger partial charge is 0.0431 e. The van der Waals surface area contributed by atoms with Crippen LogP contribution in [0.4, 0.5) is 0 Å². The molecule has 0 aromatic rings. The molecule has 0 aromatic heterocycles. The molecule has 7 N–H and O–H groups in total. The lowest BCUT2D eigenvalue weighted by Crippen LogP contribution is -2.51. The summed E-state index contributed by atoms with van der Waals surface area (Å²) in [5.41, 5.74) is 0. The Morgan fingerprint density at radius 1 is 0.565 bits per heavy atom. The molecule has 7 nitrogen and oxygen atoms in total. The van der Waals surface area contributed by atoms with Crippen LogP contribution in [0.1, 0.15) is 25.7 Å². The minimum Gasteiger partial charge on any atom is -0.396 e. The van der Waals surface area contributed by atoms with Crippen LogP contribution in [0.25, 0.3) is 0 Å². The van der Waals surface area contributed by atoms with E-state index in [2.05, 4.69) is 26.6 Å². The molecule has 2 atom stereocenters. The molecule has 138 valence electrons. The first-order chi connectivity index (χ1) is 11.4. The Bertz CT molecular complexity index is 235. The summed E-state index contributed by atoms with van der Waals surface area (Å²) in [5, 5.41) is 35.8. The van der Waals surface area contributed by atoms with Gasteiger partial charge in [-0.05, 0) is 25.7 Å². The molecule has 23 heavy (non-hydrogen) atoms. The number of aliphatic hydroxyl groups is 2. The molecule has 0 radical (unpaired) electrons. The maximum absolute atomic E-state index is 9.15. The number of hydrogen-bond donors (Lipinski definition) is 7. The molecule has 0 unspecified atom stereocenters. The molecule has 1 fully saturated rings. The van der Waals surface area contributed by atoms with E-state index in [0.29, 0.717) is 12.1 Å². The second kappa shape index (κ2) is 15.3. The third-order valence-corrected chi connectivity index (χ3v) is 4.21. The van der Waals surface area contributed by atoms with Crippen molar-refractivity contribution in [3.8, 4) is 0 Å². The molecule has 0 aromatic carbocycles. The Balaban J connectivity index is 2.51. The summed E-state index contributed by atoms with van der Waals surface area (Å²) in [7, 11) is 0. The van der Waals surface area contributed by atoms with E-state index in [9.17, 15) is 0 Å². The molecule has 0 amide bonds. The van der Waals surface area contributed by atoms with E-state index in [1.54, 1.807) is 0 Å². The fourth-order valence-corrected chi connectivity index (χ4v) is 2.93. The minimum atomic E-state index is 0.233. The molecule has 7 heteroatoms. The fourth-order valence-electron chi connectivity index (χ4n) is 2.93. The van der Waals surface area contributed by atoms with Gasteiger partial charge in [-0.15, -0.1) is 0 Å². The predicted octanol–water partition coefficient (Wildman–Crippen LogP) is -1.77. The highest BCUT2D eigenvalue weighted by molar-refractivity contribution is 4.83. The van der Waals surface area contributed by atoms with Gasteiger partial charge in [-0.25, -0.2) is 0 Å². The number of hydrogen-bond acceptors (Lipinski definition) is 7. The van der Waals surface area contributed by atoms with Crippen molar-refractivity contribution in [1.29, 1.82) is 0 Å². The van der Waals surface area contributed by atoms with Crippen molar-refractivity contribution in [1.82, 2.24) is 26.6 Å². The molecule has 1 aliphatic heterocycles. The predicted molar refractivity (Wildman–Crippen MR) is 94.8 cm³/mol. The fraction of sp³-hybridized carbons (Fsp3) is 1.00. The molecule has 0 saturated carbocycles. The molecule has 1 saturated heterocycles. The van der Waals surface area contributed by atoms with E-state index in [0.717, 1.165) is 78.0 Å². The lowest BCUT2D eigenvalue weighted by atomic mass is 9.98. The first kappa shape index (κ1) is 20.8. The average Bonchev–Trinajstić information content (AvgIpc) is 2.58. The zero-order valence-electron chi connectivity index (χ0n) is 14.4. The largest absolute Gasteiger partial charge is 0.396 e. The summed E-state index contributed by atoms with van der Waals surface area (Å²) in [5.74, 6) is 0. The van der Waals surface area contributed by atoms with Gasteiger partial charge in [0, 0.05) is 77.7 Å². The minimum absolute atomic E-state index is 0.233. The summed E-state index contributed by atoms with van der Waals surface area (Å²) >= 11 is 0. The van der Waals surface area contributed by atoms with Crippen molar-refractivity contribution in [2.45, 2.75) is 37.8 Å². The number of rotatable bonds is 6. The summed E-state index contributed by atoms with van der Waals surface area (Å²) in [6.45, 7) is 8.15. The number of nitrogens with one attached hydrogen (secondary N) is 5. The Kier molecular flexibility index (Phi) is 13.8. The topological polar surface area (TPSA) is 101 Å². The van der Waals surface area contributed by atoms with E-state index in [1.165, 1.54) is 0 Å². The molecule has 0 spiro atoms. The maximum atomic E-state index is 9.15. The van der Waals surface area contributed by atoms with E-state index in [4.69, 9.17) is 10.2 Å². The van der Waals surface area contributed by atoms with Gasteiger partial charge in [-0.2, -0.15) is 0 Å². The third-order valence-electron chi connectivity index (χ3n) is 4.21. The van der Waals surface area contributed by atoms with Gasteiger partial charge in [-0.1, -0.05) is 0 Å². The van der Waals surface area contributed by atoms with Gasteiger partial charge in [-0.3, -0.25) is 0 Å². The highest BCUT2D eigenvalue weighted by Crippen LogP contribution is 2.08. The van der Waals surface area contributed by atoms with Crippen LogP contribution in [0.2, 0.25) is 0 Å². The van der Waals surface area contributed by atoms with E-state index in [1.807, 2.05) is 0 Å². The average molecular weight is 332 g/mol. The highest BCUT2D eigenvalue weighted by atomic mass is 16.3. The first-order valence-corrected chi connectivity index (χ1v) is 9.19. The summed E-state index contributed by atoms with van der Waals surface area (Å²) in [6.07, 6.45) is 3.53. The Morgan fingerprint density at radius 3 is 1.26 bits per heavy atom. The molecule has 1 heterocycles.